The van der Waals surface area contributed by atoms with Gasteiger partial charge in [0, 0.05) is 32.6 Å². The van der Waals surface area contributed by atoms with Gasteiger partial charge < -0.3 is 4.74 Å². The van der Waals surface area contributed by atoms with Crippen LogP contribution in [0.1, 0.15) is 37.7 Å². The lowest BCUT2D eigenvalue weighted by molar-refractivity contribution is -0.124. The molecule has 1 saturated heterocycles. The topological polar surface area (TPSA) is 29.5 Å². The predicted octanol–water partition coefficient (Wildman–Crippen LogP) is 3.28. The van der Waals surface area contributed by atoms with Crippen LogP contribution in [0.25, 0.3) is 0 Å². The van der Waals surface area contributed by atoms with Gasteiger partial charge in [-0.25, -0.2) is 0 Å². The van der Waals surface area contributed by atoms with Gasteiger partial charge in [-0.2, -0.15) is 0 Å². The highest BCUT2D eigenvalue weighted by atomic mass is 16.5. The summed E-state index contributed by atoms with van der Waals surface area (Å²) in [5.41, 5.74) is 1.36. The van der Waals surface area contributed by atoms with E-state index in [4.69, 9.17) is 4.74 Å². The van der Waals surface area contributed by atoms with E-state index in [0.717, 1.165) is 58.3 Å². The highest BCUT2D eigenvalue weighted by Gasteiger charge is 2.24. The number of unbranched alkanes of at least 4 members (excludes halogenated alkanes) is 1. The molecule has 1 aromatic rings. The number of benzene rings is 1. The van der Waals surface area contributed by atoms with E-state index in [-0.39, 0.29) is 0 Å². The molecule has 1 aromatic carbocycles. The molecule has 0 radical (unpaired) electrons. The van der Waals surface area contributed by atoms with E-state index in [1.54, 1.807) is 7.11 Å². The molecule has 0 aromatic heterocycles. The summed E-state index contributed by atoms with van der Waals surface area (Å²) in [6.07, 6.45) is 4.74. The van der Waals surface area contributed by atoms with Crippen LogP contribution in [0.4, 0.5) is 0 Å². The maximum atomic E-state index is 12.2. The van der Waals surface area contributed by atoms with Gasteiger partial charge in [-0.05, 0) is 44.3 Å². The van der Waals surface area contributed by atoms with Crippen LogP contribution in [0.5, 0.6) is 0 Å². The predicted molar refractivity (Wildman–Crippen MR) is 85.2 cm³/mol. The van der Waals surface area contributed by atoms with E-state index < -0.39 is 0 Å². The van der Waals surface area contributed by atoms with E-state index in [0.29, 0.717) is 11.7 Å². The van der Waals surface area contributed by atoms with Crippen molar-refractivity contribution < 1.29 is 9.53 Å². The summed E-state index contributed by atoms with van der Waals surface area (Å²) < 4.78 is 5.02. The van der Waals surface area contributed by atoms with Gasteiger partial charge in [0.25, 0.3) is 0 Å². The lowest BCUT2D eigenvalue weighted by Gasteiger charge is -2.31. The molecular weight excluding hydrogens is 262 g/mol. The third kappa shape index (κ3) is 5.60. The summed E-state index contributed by atoms with van der Waals surface area (Å²) in [5.74, 6) is 0.755. The second-order valence-corrected chi connectivity index (χ2v) is 5.95. The van der Waals surface area contributed by atoms with E-state index in [2.05, 4.69) is 35.2 Å². The van der Waals surface area contributed by atoms with Crippen molar-refractivity contribution in [1.29, 1.82) is 0 Å². The smallest absolute Gasteiger partial charge is 0.136 e. The van der Waals surface area contributed by atoms with Crippen molar-refractivity contribution in [3.05, 3.63) is 35.9 Å². The molecule has 1 fully saturated rings. The van der Waals surface area contributed by atoms with Crippen LogP contribution < -0.4 is 0 Å². The van der Waals surface area contributed by atoms with Gasteiger partial charge in [-0.1, -0.05) is 30.3 Å². The van der Waals surface area contributed by atoms with Crippen molar-refractivity contribution in [2.45, 2.75) is 38.6 Å². The summed E-state index contributed by atoms with van der Waals surface area (Å²) in [6, 6.07) is 10.6. The Kier molecular flexibility index (Phi) is 6.90. The van der Waals surface area contributed by atoms with Gasteiger partial charge in [0.15, 0.2) is 0 Å². The first kappa shape index (κ1) is 16.2. The molecular formula is C18H27NO2. The lowest BCUT2D eigenvalue weighted by atomic mass is 9.90. The molecule has 1 aliphatic rings. The minimum Gasteiger partial charge on any atom is -0.385 e. The molecule has 1 aliphatic heterocycles. The van der Waals surface area contributed by atoms with Gasteiger partial charge in [0.2, 0.25) is 0 Å². The van der Waals surface area contributed by atoms with Crippen LogP contribution in [0, 0.1) is 5.92 Å². The van der Waals surface area contributed by atoms with E-state index in [1.165, 1.54) is 5.56 Å². The SMILES string of the molecule is COCCCCC(=O)C1CCN(Cc2ccccc2)CC1. The maximum Gasteiger partial charge on any atom is 0.136 e. The quantitative estimate of drug-likeness (QED) is 0.688. The Hall–Kier alpha value is -1.19. The number of Topliss-reactive ketones (excluding diaryl/α,β-unsaturated/α-hetero) is 1. The first-order chi connectivity index (χ1) is 10.3. The first-order valence-electron chi connectivity index (χ1n) is 8.07. The zero-order valence-electron chi connectivity index (χ0n) is 13.1. The maximum absolute atomic E-state index is 12.2. The van der Waals surface area contributed by atoms with E-state index in [1.807, 2.05) is 0 Å². The second kappa shape index (κ2) is 8.96. The average Bonchev–Trinajstić information content (AvgIpc) is 2.53. The number of ether oxygens (including phenoxy) is 1. The number of likely N-dealkylation sites (tertiary alicyclic amines) is 1. The lowest BCUT2D eigenvalue weighted by Crippen LogP contribution is -2.35. The average molecular weight is 289 g/mol. The number of carbonyl (C=O) groups is 1. The standard InChI is InChI=1S/C18H27NO2/c1-21-14-6-5-9-18(20)17-10-12-19(13-11-17)15-16-7-3-2-4-8-16/h2-4,7-8,17H,5-6,9-15H2,1H3. The number of hydrogen-bond acceptors (Lipinski definition) is 3. The van der Waals surface area contributed by atoms with Crippen molar-refractivity contribution >= 4 is 5.78 Å². The van der Waals surface area contributed by atoms with Crippen LogP contribution in [-0.4, -0.2) is 37.5 Å². The number of piperidine rings is 1. The van der Waals surface area contributed by atoms with Crippen LogP contribution >= 0.6 is 0 Å². The minimum absolute atomic E-state index is 0.291. The van der Waals surface area contributed by atoms with Crippen LogP contribution in [0.15, 0.2) is 30.3 Å². The van der Waals surface area contributed by atoms with Crippen LogP contribution in [-0.2, 0) is 16.1 Å². The number of rotatable bonds is 8. The Bertz CT molecular complexity index is 410. The normalized spacial score (nSPS) is 17.0. The molecule has 3 nitrogen and oxygen atoms in total. The Morgan fingerprint density at radius 1 is 1.19 bits per heavy atom. The summed E-state index contributed by atoms with van der Waals surface area (Å²) >= 11 is 0. The second-order valence-electron chi connectivity index (χ2n) is 5.95. The Balaban J connectivity index is 1.67. The Morgan fingerprint density at radius 2 is 1.90 bits per heavy atom. The van der Waals surface area contributed by atoms with Crippen molar-refractivity contribution in [2.24, 2.45) is 5.92 Å². The molecule has 0 N–H and O–H groups in total. The molecule has 0 atom stereocenters. The molecule has 1 heterocycles. The minimum atomic E-state index is 0.291. The molecule has 21 heavy (non-hydrogen) atoms. The molecule has 3 heteroatoms. The number of nitrogens with zero attached hydrogens (tertiary/aromatic N) is 1. The van der Waals surface area contributed by atoms with Gasteiger partial charge in [0.05, 0.1) is 0 Å². The van der Waals surface area contributed by atoms with Crippen molar-refractivity contribution in [1.82, 2.24) is 4.90 Å². The Labute approximate surface area is 128 Å². The molecule has 116 valence electrons. The Morgan fingerprint density at radius 3 is 2.57 bits per heavy atom. The molecule has 0 unspecified atom stereocenters. The van der Waals surface area contributed by atoms with E-state index in [9.17, 15) is 4.79 Å². The number of carbonyl (C=O) groups excluding carboxylic acids is 1. The molecule has 2 rings (SSSR count). The third-order valence-electron chi connectivity index (χ3n) is 4.31. The highest BCUT2D eigenvalue weighted by molar-refractivity contribution is 5.81. The van der Waals surface area contributed by atoms with Crippen molar-refractivity contribution in [3.63, 3.8) is 0 Å². The largest absolute Gasteiger partial charge is 0.385 e. The summed E-state index contributed by atoms with van der Waals surface area (Å²) in [4.78, 5) is 14.6. The molecule has 0 bridgehead atoms. The van der Waals surface area contributed by atoms with Gasteiger partial charge >= 0.3 is 0 Å². The van der Waals surface area contributed by atoms with Crippen molar-refractivity contribution in [3.8, 4) is 0 Å². The summed E-state index contributed by atoms with van der Waals surface area (Å²) in [5, 5.41) is 0. The first-order valence-corrected chi connectivity index (χ1v) is 8.07. The number of ketones is 1. The molecule has 0 amide bonds. The van der Waals surface area contributed by atoms with Crippen molar-refractivity contribution in [2.75, 3.05) is 26.8 Å². The zero-order valence-corrected chi connectivity index (χ0v) is 13.1. The fourth-order valence-electron chi connectivity index (χ4n) is 3.00. The summed E-state index contributed by atoms with van der Waals surface area (Å²) in [6.45, 7) is 3.87. The molecule has 0 saturated carbocycles. The fourth-order valence-corrected chi connectivity index (χ4v) is 3.00. The zero-order chi connectivity index (χ0) is 14.9. The van der Waals surface area contributed by atoms with Crippen LogP contribution in [0.2, 0.25) is 0 Å². The molecule has 0 aliphatic carbocycles. The highest BCUT2D eigenvalue weighted by Crippen LogP contribution is 2.21. The molecule has 0 spiro atoms. The monoisotopic (exact) mass is 289 g/mol. The van der Waals surface area contributed by atoms with E-state index >= 15 is 0 Å². The van der Waals surface area contributed by atoms with Crippen LogP contribution in [0.3, 0.4) is 0 Å². The number of hydrogen-bond donors (Lipinski definition) is 0. The third-order valence-corrected chi connectivity index (χ3v) is 4.31. The van der Waals surface area contributed by atoms with Gasteiger partial charge in [-0.3, -0.25) is 9.69 Å². The van der Waals surface area contributed by atoms with Gasteiger partial charge in [-0.15, -0.1) is 0 Å². The van der Waals surface area contributed by atoms with Gasteiger partial charge in [0.1, 0.15) is 5.78 Å². The number of methoxy groups -OCH3 is 1. The summed E-state index contributed by atoms with van der Waals surface area (Å²) in [7, 11) is 1.71. The fraction of sp³-hybridized carbons (Fsp3) is 0.611.